The molecule has 1 N–H and O–H groups in total. The quantitative estimate of drug-likeness (QED) is 0.692. The lowest BCUT2D eigenvalue weighted by Crippen LogP contribution is -2.47. The fourth-order valence-electron chi connectivity index (χ4n) is 3.15. The molecule has 0 bridgehead atoms. The van der Waals surface area contributed by atoms with Crippen LogP contribution < -0.4 is 5.32 Å². The van der Waals surface area contributed by atoms with E-state index in [0.717, 1.165) is 19.3 Å². The molecule has 118 valence electrons. The van der Waals surface area contributed by atoms with Crippen molar-refractivity contribution in [2.45, 2.75) is 38.1 Å². The SMILES string of the molecule is CN(C)CCCN(C)CC1(CNC2CC2)CCOCC1. The van der Waals surface area contributed by atoms with Crippen molar-refractivity contribution in [1.29, 1.82) is 0 Å². The number of ether oxygens (including phenoxy) is 1. The van der Waals surface area contributed by atoms with Crippen molar-refractivity contribution in [3.63, 3.8) is 0 Å². The molecule has 1 aliphatic heterocycles. The average Bonchev–Trinajstić information content (AvgIpc) is 3.21. The topological polar surface area (TPSA) is 27.7 Å². The molecular weight excluding hydrogens is 250 g/mol. The van der Waals surface area contributed by atoms with Gasteiger partial charge in [0.05, 0.1) is 0 Å². The van der Waals surface area contributed by atoms with Crippen LogP contribution in [0.25, 0.3) is 0 Å². The average molecular weight is 283 g/mol. The second-order valence-corrected chi connectivity index (χ2v) is 7.16. The third-order valence-corrected chi connectivity index (χ3v) is 4.65. The Morgan fingerprint density at radius 1 is 1.10 bits per heavy atom. The molecule has 4 nitrogen and oxygen atoms in total. The second-order valence-electron chi connectivity index (χ2n) is 7.16. The zero-order chi connectivity index (χ0) is 14.4. The molecule has 0 aromatic carbocycles. The van der Waals surface area contributed by atoms with E-state index in [4.69, 9.17) is 4.74 Å². The molecule has 2 fully saturated rings. The Hall–Kier alpha value is -0.160. The van der Waals surface area contributed by atoms with Gasteiger partial charge in [-0.3, -0.25) is 0 Å². The molecule has 1 saturated carbocycles. The van der Waals surface area contributed by atoms with Crippen molar-refractivity contribution >= 4 is 0 Å². The molecule has 0 unspecified atom stereocenters. The van der Waals surface area contributed by atoms with Crippen LogP contribution in [0.4, 0.5) is 0 Å². The summed E-state index contributed by atoms with van der Waals surface area (Å²) in [6.45, 7) is 6.66. The van der Waals surface area contributed by atoms with E-state index in [0.29, 0.717) is 5.41 Å². The Bertz CT molecular complexity index is 273. The summed E-state index contributed by atoms with van der Waals surface area (Å²) in [5, 5.41) is 3.76. The summed E-state index contributed by atoms with van der Waals surface area (Å²) in [5.41, 5.74) is 0.438. The highest BCUT2D eigenvalue weighted by Gasteiger charge is 2.35. The maximum atomic E-state index is 5.59. The molecule has 20 heavy (non-hydrogen) atoms. The molecule has 0 atom stereocenters. The van der Waals surface area contributed by atoms with E-state index in [1.54, 1.807) is 0 Å². The van der Waals surface area contributed by atoms with Gasteiger partial charge in [-0.2, -0.15) is 0 Å². The van der Waals surface area contributed by atoms with E-state index in [2.05, 4.69) is 36.3 Å². The second kappa shape index (κ2) is 7.74. The van der Waals surface area contributed by atoms with E-state index in [1.807, 2.05) is 0 Å². The third-order valence-electron chi connectivity index (χ3n) is 4.65. The van der Waals surface area contributed by atoms with Gasteiger partial charge < -0.3 is 19.9 Å². The minimum Gasteiger partial charge on any atom is -0.381 e. The van der Waals surface area contributed by atoms with E-state index in [1.165, 1.54) is 58.3 Å². The van der Waals surface area contributed by atoms with E-state index >= 15 is 0 Å². The predicted octanol–water partition coefficient (Wildman–Crippen LogP) is 1.42. The Balaban J connectivity index is 1.76. The van der Waals surface area contributed by atoms with Gasteiger partial charge in [0.1, 0.15) is 0 Å². The molecule has 1 heterocycles. The van der Waals surface area contributed by atoms with Crippen LogP contribution in [-0.4, -0.2) is 76.4 Å². The van der Waals surface area contributed by atoms with Crippen LogP contribution in [0.15, 0.2) is 0 Å². The van der Waals surface area contributed by atoms with Gasteiger partial charge in [-0.05, 0) is 71.8 Å². The normalized spacial score (nSPS) is 22.6. The molecule has 1 saturated heterocycles. The van der Waals surface area contributed by atoms with Crippen LogP contribution >= 0.6 is 0 Å². The molecule has 2 rings (SSSR count). The smallest absolute Gasteiger partial charge is 0.0472 e. The highest BCUT2D eigenvalue weighted by atomic mass is 16.5. The summed E-state index contributed by atoms with van der Waals surface area (Å²) in [5.74, 6) is 0. The molecule has 2 aliphatic rings. The minimum absolute atomic E-state index is 0.438. The summed E-state index contributed by atoms with van der Waals surface area (Å²) < 4.78 is 5.59. The largest absolute Gasteiger partial charge is 0.381 e. The van der Waals surface area contributed by atoms with Crippen LogP contribution in [0.1, 0.15) is 32.1 Å². The van der Waals surface area contributed by atoms with Gasteiger partial charge in [0.25, 0.3) is 0 Å². The van der Waals surface area contributed by atoms with Gasteiger partial charge in [-0.15, -0.1) is 0 Å². The number of nitrogens with one attached hydrogen (secondary N) is 1. The van der Waals surface area contributed by atoms with Gasteiger partial charge >= 0.3 is 0 Å². The fourth-order valence-corrected chi connectivity index (χ4v) is 3.15. The molecule has 0 spiro atoms. The first-order chi connectivity index (χ1) is 9.60. The van der Waals surface area contributed by atoms with Crippen LogP contribution in [0.2, 0.25) is 0 Å². The van der Waals surface area contributed by atoms with Gasteiger partial charge in [0.2, 0.25) is 0 Å². The van der Waals surface area contributed by atoms with Crippen molar-refractivity contribution < 1.29 is 4.74 Å². The lowest BCUT2D eigenvalue weighted by atomic mass is 9.79. The van der Waals surface area contributed by atoms with Crippen molar-refractivity contribution in [3.8, 4) is 0 Å². The van der Waals surface area contributed by atoms with E-state index < -0.39 is 0 Å². The van der Waals surface area contributed by atoms with Crippen LogP contribution in [-0.2, 0) is 4.74 Å². The van der Waals surface area contributed by atoms with Crippen molar-refractivity contribution in [1.82, 2.24) is 15.1 Å². The predicted molar refractivity (Wildman–Crippen MR) is 84.2 cm³/mol. The first-order valence-electron chi connectivity index (χ1n) is 8.24. The minimum atomic E-state index is 0.438. The van der Waals surface area contributed by atoms with E-state index in [9.17, 15) is 0 Å². The summed E-state index contributed by atoms with van der Waals surface area (Å²) >= 11 is 0. The molecule has 0 aromatic heterocycles. The summed E-state index contributed by atoms with van der Waals surface area (Å²) in [6, 6.07) is 0.814. The van der Waals surface area contributed by atoms with Gasteiger partial charge in [-0.1, -0.05) is 0 Å². The van der Waals surface area contributed by atoms with Crippen LogP contribution in [0.5, 0.6) is 0 Å². The van der Waals surface area contributed by atoms with Crippen LogP contribution in [0, 0.1) is 5.41 Å². The Morgan fingerprint density at radius 3 is 2.40 bits per heavy atom. The van der Waals surface area contributed by atoms with Crippen molar-refractivity contribution in [2.24, 2.45) is 5.41 Å². The Morgan fingerprint density at radius 2 is 1.80 bits per heavy atom. The first kappa shape index (κ1) is 16.2. The lowest BCUT2D eigenvalue weighted by Gasteiger charge is -2.40. The Labute approximate surface area is 124 Å². The van der Waals surface area contributed by atoms with Crippen LogP contribution in [0.3, 0.4) is 0 Å². The zero-order valence-electron chi connectivity index (χ0n) is 13.7. The lowest BCUT2D eigenvalue weighted by molar-refractivity contribution is -0.00103. The standard InChI is InChI=1S/C16H33N3O/c1-18(2)9-4-10-19(3)14-16(7-11-20-12-8-16)13-17-15-5-6-15/h15,17H,4-14H2,1-3H3. The van der Waals surface area contributed by atoms with Gasteiger partial charge in [0.15, 0.2) is 0 Å². The van der Waals surface area contributed by atoms with E-state index in [-0.39, 0.29) is 0 Å². The molecule has 0 radical (unpaired) electrons. The zero-order valence-corrected chi connectivity index (χ0v) is 13.7. The van der Waals surface area contributed by atoms with Crippen molar-refractivity contribution in [3.05, 3.63) is 0 Å². The highest BCUT2D eigenvalue weighted by molar-refractivity contribution is 4.90. The molecular formula is C16H33N3O. The number of rotatable bonds is 9. The van der Waals surface area contributed by atoms with Gasteiger partial charge in [0, 0.05) is 32.3 Å². The summed E-state index contributed by atoms with van der Waals surface area (Å²) in [6.07, 6.45) is 6.44. The first-order valence-corrected chi connectivity index (χ1v) is 8.24. The molecule has 0 amide bonds. The summed E-state index contributed by atoms with van der Waals surface area (Å²) in [4.78, 5) is 4.80. The number of nitrogens with zero attached hydrogens (tertiary/aromatic N) is 2. The number of hydrogen-bond donors (Lipinski definition) is 1. The molecule has 4 heteroatoms. The molecule has 0 aromatic rings. The monoisotopic (exact) mass is 283 g/mol. The Kier molecular flexibility index (Phi) is 6.27. The van der Waals surface area contributed by atoms with Crippen molar-refractivity contribution in [2.75, 3.05) is 60.5 Å². The molecule has 1 aliphatic carbocycles. The summed E-state index contributed by atoms with van der Waals surface area (Å²) in [7, 11) is 6.59. The maximum Gasteiger partial charge on any atom is 0.0472 e. The maximum absolute atomic E-state index is 5.59. The highest BCUT2D eigenvalue weighted by Crippen LogP contribution is 2.32. The van der Waals surface area contributed by atoms with Gasteiger partial charge in [-0.25, -0.2) is 0 Å². The fraction of sp³-hybridized carbons (Fsp3) is 1.00. The number of hydrogen-bond acceptors (Lipinski definition) is 4. The third kappa shape index (κ3) is 5.68.